The second-order valence-electron chi connectivity index (χ2n) is 5.98. The Morgan fingerprint density at radius 2 is 1.62 bits per heavy atom. The van der Waals surface area contributed by atoms with E-state index >= 15 is 0 Å². The van der Waals surface area contributed by atoms with Crippen LogP contribution in [0.15, 0.2) is 53.4 Å². The lowest BCUT2D eigenvalue weighted by molar-refractivity contribution is -0.142. The van der Waals surface area contributed by atoms with E-state index in [0.717, 1.165) is 35.5 Å². The predicted molar refractivity (Wildman–Crippen MR) is 104 cm³/mol. The molecular weight excluding hydrogens is 348 g/mol. The third-order valence-electron chi connectivity index (χ3n) is 4.04. The molecule has 0 fully saturated rings. The maximum absolute atomic E-state index is 12.3. The molecule has 1 unspecified atom stereocenters. The Balaban J connectivity index is 1.72. The van der Waals surface area contributed by atoms with Crippen LogP contribution in [0.4, 0.5) is 0 Å². The van der Waals surface area contributed by atoms with Crippen LogP contribution in [0, 0.1) is 0 Å². The summed E-state index contributed by atoms with van der Waals surface area (Å²) in [5, 5.41) is 0. The van der Waals surface area contributed by atoms with Crippen LogP contribution < -0.4 is 4.74 Å². The number of hydrogen-bond acceptors (Lipinski definition) is 4. The van der Waals surface area contributed by atoms with Crippen molar-refractivity contribution in [3.8, 4) is 5.75 Å². The standard InChI is InChI=1S/C21H26O4S/c1-3-25-21(22)16-18-9-7-17(8-10-18)6-4-5-15-26(23)20-13-11-19(24-2)12-14-20/h7-14H,3-6,15-16H2,1-2H3. The van der Waals surface area contributed by atoms with Crippen LogP contribution in [0.5, 0.6) is 5.75 Å². The Hall–Kier alpha value is -2.14. The van der Waals surface area contributed by atoms with Gasteiger partial charge in [-0.05, 0) is 61.6 Å². The fourth-order valence-corrected chi connectivity index (χ4v) is 3.75. The molecule has 140 valence electrons. The molecule has 0 heterocycles. The molecule has 5 heteroatoms. The van der Waals surface area contributed by atoms with Gasteiger partial charge in [0.25, 0.3) is 0 Å². The van der Waals surface area contributed by atoms with Crippen LogP contribution in [-0.2, 0) is 33.2 Å². The van der Waals surface area contributed by atoms with E-state index in [-0.39, 0.29) is 5.97 Å². The number of esters is 1. The number of benzene rings is 2. The first-order valence-corrected chi connectivity index (χ1v) is 10.2. The summed E-state index contributed by atoms with van der Waals surface area (Å²) in [6, 6.07) is 15.4. The van der Waals surface area contributed by atoms with Gasteiger partial charge < -0.3 is 9.47 Å². The highest BCUT2D eigenvalue weighted by atomic mass is 32.2. The van der Waals surface area contributed by atoms with Gasteiger partial charge in [-0.15, -0.1) is 0 Å². The van der Waals surface area contributed by atoms with Crippen LogP contribution >= 0.6 is 0 Å². The zero-order valence-corrected chi connectivity index (χ0v) is 16.2. The van der Waals surface area contributed by atoms with E-state index in [9.17, 15) is 9.00 Å². The Labute approximate surface area is 158 Å². The smallest absolute Gasteiger partial charge is 0.310 e. The highest BCUT2D eigenvalue weighted by Crippen LogP contribution is 2.16. The van der Waals surface area contributed by atoms with Crippen LogP contribution in [0.3, 0.4) is 0 Å². The molecule has 0 N–H and O–H groups in total. The first kappa shape index (κ1) is 20.2. The van der Waals surface area contributed by atoms with Crippen LogP contribution in [0.2, 0.25) is 0 Å². The zero-order chi connectivity index (χ0) is 18.8. The van der Waals surface area contributed by atoms with Gasteiger partial charge in [-0.3, -0.25) is 9.00 Å². The van der Waals surface area contributed by atoms with Crippen molar-refractivity contribution in [1.29, 1.82) is 0 Å². The second-order valence-corrected chi connectivity index (χ2v) is 7.55. The summed E-state index contributed by atoms with van der Waals surface area (Å²) < 4.78 is 22.3. The average molecular weight is 375 g/mol. The number of carbonyl (C=O) groups excluding carboxylic acids is 1. The zero-order valence-electron chi connectivity index (χ0n) is 15.4. The second kappa shape index (κ2) is 10.8. The van der Waals surface area contributed by atoms with Crippen molar-refractivity contribution in [2.24, 2.45) is 0 Å². The molecule has 0 aliphatic rings. The number of rotatable bonds is 10. The van der Waals surface area contributed by atoms with E-state index in [1.807, 2.05) is 43.3 Å². The van der Waals surface area contributed by atoms with Crippen molar-refractivity contribution in [2.45, 2.75) is 37.5 Å². The molecule has 0 radical (unpaired) electrons. The van der Waals surface area contributed by atoms with Crippen molar-refractivity contribution in [3.05, 3.63) is 59.7 Å². The average Bonchev–Trinajstić information content (AvgIpc) is 2.66. The highest BCUT2D eigenvalue weighted by molar-refractivity contribution is 7.85. The lowest BCUT2D eigenvalue weighted by Crippen LogP contribution is -2.07. The van der Waals surface area contributed by atoms with E-state index in [1.165, 1.54) is 5.56 Å². The van der Waals surface area contributed by atoms with Gasteiger partial charge >= 0.3 is 5.97 Å². The summed E-state index contributed by atoms with van der Waals surface area (Å²) in [6.07, 6.45) is 3.15. The molecule has 0 aliphatic heterocycles. The Kier molecular flexibility index (Phi) is 8.35. The maximum atomic E-state index is 12.3. The summed E-state index contributed by atoms with van der Waals surface area (Å²) in [6.45, 7) is 2.22. The molecule has 0 saturated carbocycles. The minimum absolute atomic E-state index is 0.193. The van der Waals surface area contributed by atoms with Gasteiger partial charge in [0.15, 0.2) is 0 Å². The topological polar surface area (TPSA) is 52.6 Å². The van der Waals surface area contributed by atoms with Crippen molar-refractivity contribution >= 4 is 16.8 Å². The first-order chi connectivity index (χ1) is 12.6. The van der Waals surface area contributed by atoms with Gasteiger partial charge in [0.2, 0.25) is 0 Å². The number of carbonyl (C=O) groups is 1. The molecule has 0 saturated heterocycles. The van der Waals surface area contributed by atoms with Gasteiger partial charge in [-0.2, -0.15) is 0 Å². The lowest BCUT2D eigenvalue weighted by atomic mass is 10.1. The number of aryl methyl sites for hydroxylation is 1. The lowest BCUT2D eigenvalue weighted by Gasteiger charge is -2.06. The number of ether oxygens (including phenoxy) is 2. The van der Waals surface area contributed by atoms with Crippen molar-refractivity contribution in [1.82, 2.24) is 0 Å². The molecule has 26 heavy (non-hydrogen) atoms. The summed E-state index contributed by atoms with van der Waals surface area (Å²) in [5.41, 5.74) is 2.20. The molecule has 0 aromatic heterocycles. The van der Waals surface area contributed by atoms with Crippen molar-refractivity contribution < 1.29 is 18.5 Å². The molecule has 2 aromatic rings. The Bertz CT molecular complexity index is 708. The predicted octanol–water partition coefficient (Wildman–Crippen LogP) is 3.93. The largest absolute Gasteiger partial charge is 0.497 e. The minimum atomic E-state index is -0.971. The normalized spacial score (nSPS) is 11.8. The number of unbranched alkanes of at least 4 members (excludes halogenated alkanes) is 1. The van der Waals surface area contributed by atoms with Crippen LogP contribution in [0.1, 0.15) is 30.9 Å². The van der Waals surface area contributed by atoms with E-state index in [0.29, 0.717) is 18.8 Å². The fourth-order valence-electron chi connectivity index (χ4n) is 2.61. The molecule has 2 aromatic carbocycles. The SMILES string of the molecule is CCOC(=O)Cc1ccc(CCCCS(=O)c2ccc(OC)cc2)cc1. The summed E-state index contributed by atoms with van der Waals surface area (Å²) >= 11 is 0. The van der Waals surface area contributed by atoms with E-state index in [4.69, 9.17) is 9.47 Å². The first-order valence-electron chi connectivity index (χ1n) is 8.88. The Morgan fingerprint density at radius 3 is 2.23 bits per heavy atom. The molecule has 0 amide bonds. The fraction of sp³-hybridized carbons (Fsp3) is 0.381. The van der Waals surface area contributed by atoms with Gasteiger partial charge in [0.1, 0.15) is 5.75 Å². The van der Waals surface area contributed by atoms with Crippen LogP contribution in [-0.4, -0.2) is 29.6 Å². The summed E-state index contributed by atoms with van der Waals surface area (Å²) in [7, 11) is 0.649. The molecule has 1 atom stereocenters. The minimum Gasteiger partial charge on any atom is -0.497 e. The molecule has 0 aliphatic carbocycles. The van der Waals surface area contributed by atoms with E-state index in [1.54, 1.807) is 7.11 Å². The van der Waals surface area contributed by atoms with Crippen molar-refractivity contribution in [2.75, 3.05) is 19.5 Å². The van der Waals surface area contributed by atoms with Crippen LogP contribution in [0.25, 0.3) is 0 Å². The number of hydrogen-bond donors (Lipinski definition) is 0. The quantitative estimate of drug-likeness (QED) is 0.467. The van der Waals surface area contributed by atoms with Gasteiger partial charge in [-0.1, -0.05) is 24.3 Å². The molecule has 4 nitrogen and oxygen atoms in total. The molecule has 0 bridgehead atoms. The monoisotopic (exact) mass is 374 g/mol. The van der Waals surface area contributed by atoms with Gasteiger partial charge in [0.05, 0.1) is 30.9 Å². The maximum Gasteiger partial charge on any atom is 0.310 e. The van der Waals surface area contributed by atoms with Gasteiger partial charge in [0, 0.05) is 10.6 Å². The third kappa shape index (κ3) is 6.64. The summed E-state index contributed by atoms with van der Waals surface area (Å²) in [5.74, 6) is 1.24. The molecule has 0 spiro atoms. The Morgan fingerprint density at radius 1 is 0.962 bits per heavy atom. The van der Waals surface area contributed by atoms with Gasteiger partial charge in [-0.25, -0.2) is 0 Å². The van der Waals surface area contributed by atoms with Crippen molar-refractivity contribution in [3.63, 3.8) is 0 Å². The number of methoxy groups -OCH3 is 1. The third-order valence-corrected chi connectivity index (χ3v) is 5.50. The molecule has 2 rings (SSSR count). The highest BCUT2D eigenvalue weighted by Gasteiger charge is 2.06. The van der Waals surface area contributed by atoms with E-state index < -0.39 is 10.8 Å². The summed E-state index contributed by atoms with van der Waals surface area (Å²) in [4.78, 5) is 12.3. The van der Waals surface area contributed by atoms with E-state index in [2.05, 4.69) is 12.1 Å². The molecular formula is C21H26O4S.